The molecule has 0 saturated carbocycles. The molecule has 0 aromatic heterocycles. The van der Waals surface area contributed by atoms with Gasteiger partial charge in [0.05, 0.1) is 19.8 Å². The highest BCUT2D eigenvalue weighted by atomic mass is 16.6. The highest BCUT2D eigenvalue weighted by Gasteiger charge is 2.46. The van der Waals surface area contributed by atoms with Crippen LogP contribution in [0, 0.1) is 0 Å². The van der Waals surface area contributed by atoms with Crippen LogP contribution in [0.1, 0.15) is 13.3 Å². The first-order valence-corrected chi connectivity index (χ1v) is 5.26. The van der Waals surface area contributed by atoms with Crippen LogP contribution in [0.3, 0.4) is 0 Å². The Balaban J connectivity index is 2.30. The maximum atomic E-state index is 11.6. The molecule has 0 spiro atoms. The van der Waals surface area contributed by atoms with Crippen LogP contribution in [0.5, 0.6) is 0 Å². The fourth-order valence-corrected chi connectivity index (χ4v) is 1.39. The van der Waals surface area contributed by atoms with Crippen molar-refractivity contribution < 1.29 is 14.3 Å². The van der Waals surface area contributed by atoms with Crippen molar-refractivity contribution in [2.24, 2.45) is 5.11 Å². The Kier molecular flexibility index (Phi) is 5.04. The molecular formula is C9H16N4O3. The number of rotatable bonds is 7. The van der Waals surface area contributed by atoms with Gasteiger partial charge < -0.3 is 9.47 Å². The van der Waals surface area contributed by atoms with E-state index in [4.69, 9.17) is 15.0 Å². The van der Waals surface area contributed by atoms with Gasteiger partial charge in [0.2, 0.25) is 0 Å². The molecule has 1 fully saturated rings. The van der Waals surface area contributed by atoms with Crippen molar-refractivity contribution in [2.75, 3.05) is 32.9 Å². The van der Waals surface area contributed by atoms with Crippen LogP contribution in [0.4, 0.5) is 0 Å². The Labute approximate surface area is 93.7 Å². The van der Waals surface area contributed by atoms with Gasteiger partial charge in [-0.2, -0.15) is 0 Å². The molecule has 0 atom stereocenters. The molecule has 7 heteroatoms. The van der Waals surface area contributed by atoms with Crippen LogP contribution in [0.25, 0.3) is 10.4 Å². The van der Waals surface area contributed by atoms with E-state index in [-0.39, 0.29) is 5.97 Å². The second-order valence-electron chi connectivity index (χ2n) is 3.53. The van der Waals surface area contributed by atoms with Crippen LogP contribution in [-0.4, -0.2) is 44.4 Å². The molecule has 0 bridgehead atoms. The Hall–Kier alpha value is -1.30. The normalized spacial score (nSPS) is 17.1. The molecule has 16 heavy (non-hydrogen) atoms. The van der Waals surface area contributed by atoms with Gasteiger partial charge in [0.25, 0.3) is 0 Å². The van der Waals surface area contributed by atoms with E-state index in [0.29, 0.717) is 39.3 Å². The van der Waals surface area contributed by atoms with Crippen LogP contribution in [0.15, 0.2) is 5.11 Å². The summed E-state index contributed by atoms with van der Waals surface area (Å²) >= 11 is 0. The summed E-state index contributed by atoms with van der Waals surface area (Å²) in [5, 5.41) is 6.50. The first-order valence-electron chi connectivity index (χ1n) is 5.26. The lowest BCUT2D eigenvalue weighted by Gasteiger charge is -2.39. The van der Waals surface area contributed by atoms with Gasteiger partial charge in [0.15, 0.2) is 5.54 Å². The summed E-state index contributed by atoms with van der Waals surface area (Å²) in [5.74, 6) is -0.273. The first kappa shape index (κ1) is 12.8. The predicted octanol–water partition coefficient (Wildman–Crippen LogP) is 0.608. The van der Waals surface area contributed by atoms with E-state index in [1.165, 1.54) is 0 Å². The summed E-state index contributed by atoms with van der Waals surface area (Å²) in [5.41, 5.74) is 7.40. The largest absolute Gasteiger partial charge is 0.464 e. The lowest BCUT2D eigenvalue weighted by Crippen LogP contribution is -2.66. The van der Waals surface area contributed by atoms with E-state index in [2.05, 4.69) is 15.3 Å². The van der Waals surface area contributed by atoms with Crippen LogP contribution >= 0.6 is 0 Å². The SMILES string of the molecule is CCOC(=O)C1(NCCCN=[N+]=[N-])COC1. The second kappa shape index (κ2) is 6.32. The second-order valence-corrected chi connectivity index (χ2v) is 3.53. The number of ether oxygens (including phenoxy) is 2. The van der Waals surface area contributed by atoms with E-state index >= 15 is 0 Å². The molecule has 1 saturated heterocycles. The molecule has 0 aliphatic carbocycles. The van der Waals surface area contributed by atoms with Gasteiger partial charge in [-0.15, -0.1) is 0 Å². The van der Waals surface area contributed by atoms with Crippen molar-refractivity contribution in [3.8, 4) is 0 Å². The van der Waals surface area contributed by atoms with Crippen molar-refractivity contribution in [3.05, 3.63) is 10.4 Å². The zero-order valence-corrected chi connectivity index (χ0v) is 9.31. The number of carbonyl (C=O) groups excluding carboxylic acids is 1. The number of hydrogen-bond donors (Lipinski definition) is 1. The number of nitrogens with zero attached hydrogens (tertiary/aromatic N) is 3. The summed E-state index contributed by atoms with van der Waals surface area (Å²) in [6.45, 7) is 3.83. The summed E-state index contributed by atoms with van der Waals surface area (Å²) < 4.78 is 10.0. The van der Waals surface area contributed by atoms with Gasteiger partial charge in [-0.1, -0.05) is 5.11 Å². The van der Waals surface area contributed by atoms with Crippen molar-refractivity contribution in [1.82, 2.24) is 5.32 Å². The van der Waals surface area contributed by atoms with Gasteiger partial charge in [0, 0.05) is 11.5 Å². The zero-order chi connectivity index (χ0) is 11.9. The molecule has 7 nitrogen and oxygen atoms in total. The third-order valence-corrected chi connectivity index (χ3v) is 2.32. The fraction of sp³-hybridized carbons (Fsp3) is 0.889. The highest BCUT2D eigenvalue weighted by Crippen LogP contribution is 2.18. The Morgan fingerprint density at radius 1 is 1.69 bits per heavy atom. The smallest absolute Gasteiger partial charge is 0.331 e. The van der Waals surface area contributed by atoms with Crippen molar-refractivity contribution in [2.45, 2.75) is 18.9 Å². The Morgan fingerprint density at radius 2 is 2.44 bits per heavy atom. The molecule has 1 N–H and O–H groups in total. The maximum absolute atomic E-state index is 11.6. The van der Waals surface area contributed by atoms with E-state index in [0.717, 1.165) is 0 Å². The Morgan fingerprint density at radius 3 is 2.94 bits per heavy atom. The molecule has 1 aliphatic rings. The van der Waals surface area contributed by atoms with E-state index in [9.17, 15) is 4.79 Å². The van der Waals surface area contributed by atoms with Crippen LogP contribution < -0.4 is 5.32 Å². The molecule has 0 amide bonds. The van der Waals surface area contributed by atoms with Crippen LogP contribution in [-0.2, 0) is 14.3 Å². The Bertz CT molecular complexity index is 284. The lowest BCUT2D eigenvalue weighted by atomic mass is 9.97. The maximum Gasteiger partial charge on any atom is 0.331 e. The topological polar surface area (TPSA) is 96.3 Å². The average Bonchev–Trinajstić information content (AvgIpc) is 2.21. The minimum Gasteiger partial charge on any atom is -0.464 e. The molecule has 0 aromatic rings. The molecular weight excluding hydrogens is 212 g/mol. The van der Waals surface area contributed by atoms with Crippen LogP contribution in [0.2, 0.25) is 0 Å². The van der Waals surface area contributed by atoms with E-state index in [1.54, 1.807) is 6.92 Å². The zero-order valence-electron chi connectivity index (χ0n) is 9.31. The molecule has 90 valence electrons. The quantitative estimate of drug-likeness (QED) is 0.227. The lowest BCUT2D eigenvalue weighted by molar-refractivity contribution is -0.172. The summed E-state index contributed by atoms with van der Waals surface area (Å²) in [6, 6.07) is 0. The summed E-state index contributed by atoms with van der Waals surface area (Å²) in [4.78, 5) is 14.3. The van der Waals surface area contributed by atoms with Crippen molar-refractivity contribution in [3.63, 3.8) is 0 Å². The van der Waals surface area contributed by atoms with Gasteiger partial charge in [0.1, 0.15) is 0 Å². The molecule has 0 radical (unpaired) electrons. The molecule has 1 rings (SSSR count). The summed E-state index contributed by atoms with van der Waals surface area (Å²) in [6.07, 6.45) is 0.686. The molecule has 1 heterocycles. The first-order chi connectivity index (χ1) is 7.75. The molecule has 1 aliphatic heterocycles. The number of azide groups is 1. The van der Waals surface area contributed by atoms with E-state index < -0.39 is 5.54 Å². The van der Waals surface area contributed by atoms with Gasteiger partial charge >= 0.3 is 5.97 Å². The standard InChI is InChI=1S/C9H16N4O3/c1-2-16-8(14)9(6-15-7-9)11-4-3-5-12-13-10/h11H,2-7H2,1H3. The number of hydrogen-bond acceptors (Lipinski definition) is 5. The van der Waals surface area contributed by atoms with Gasteiger partial charge in [-0.3, -0.25) is 5.32 Å². The molecule has 0 unspecified atom stereocenters. The van der Waals surface area contributed by atoms with Crippen molar-refractivity contribution in [1.29, 1.82) is 0 Å². The monoisotopic (exact) mass is 228 g/mol. The third kappa shape index (κ3) is 3.10. The van der Waals surface area contributed by atoms with Crippen molar-refractivity contribution >= 4 is 5.97 Å². The van der Waals surface area contributed by atoms with Gasteiger partial charge in [-0.25, -0.2) is 4.79 Å². The predicted molar refractivity (Wildman–Crippen MR) is 56.8 cm³/mol. The fourth-order valence-electron chi connectivity index (χ4n) is 1.39. The minimum atomic E-state index is -0.688. The number of nitrogens with one attached hydrogen (secondary N) is 1. The van der Waals surface area contributed by atoms with E-state index in [1.807, 2.05) is 0 Å². The van der Waals surface area contributed by atoms with Gasteiger partial charge in [-0.05, 0) is 25.4 Å². The summed E-state index contributed by atoms with van der Waals surface area (Å²) in [7, 11) is 0. The highest BCUT2D eigenvalue weighted by molar-refractivity contribution is 5.82. The minimum absolute atomic E-state index is 0.273. The average molecular weight is 228 g/mol. The third-order valence-electron chi connectivity index (χ3n) is 2.32. The molecule has 0 aromatic carbocycles. The number of carbonyl (C=O) groups is 1. The number of esters is 1.